The van der Waals surface area contributed by atoms with Crippen LogP contribution in [-0.2, 0) is 11.3 Å². The lowest BCUT2D eigenvalue weighted by Gasteiger charge is -2.57. The molecule has 206 valence electrons. The highest BCUT2D eigenvalue weighted by Gasteiger charge is 2.53. The van der Waals surface area contributed by atoms with E-state index in [9.17, 15) is 14.0 Å². The zero-order valence-electron chi connectivity index (χ0n) is 21.9. The molecule has 6 rings (SSSR count). The van der Waals surface area contributed by atoms with Crippen molar-refractivity contribution in [3.05, 3.63) is 76.8 Å². The number of nitrogens with one attached hydrogen (secondary N) is 1. The molecule has 8 nitrogen and oxygen atoms in total. The molecule has 0 bridgehead atoms. The Labute approximate surface area is 235 Å². The molecule has 2 aromatic carbocycles. The quantitative estimate of drug-likeness (QED) is 0.285. The first-order valence-corrected chi connectivity index (χ1v) is 13.6. The van der Waals surface area contributed by atoms with Crippen LogP contribution in [0.3, 0.4) is 0 Å². The van der Waals surface area contributed by atoms with Gasteiger partial charge in [0, 0.05) is 40.7 Å². The molecule has 0 radical (unpaired) electrons. The summed E-state index contributed by atoms with van der Waals surface area (Å²) in [5, 5.41) is 17.9. The van der Waals surface area contributed by atoms with Crippen LogP contribution in [0, 0.1) is 17.2 Å². The molecule has 2 heterocycles. The number of halogens is 2. The van der Waals surface area contributed by atoms with Gasteiger partial charge >= 0.3 is 5.97 Å². The molecule has 2 aromatic heterocycles. The second kappa shape index (κ2) is 10.2. The van der Waals surface area contributed by atoms with E-state index < -0.39 is 11.8 Å². The van der Waals surface area contributed by atoms with E-state index in [-0.39, 0.29) is 29.7 Å². The van der Waals surface area contributed by atoms with E-state index in [0.717, 1.165) is 36.6 Å². The standard InChI is InChI=1S/C30H28ClFN4O4/c1-40-24-7-19(6-22(32)9-24)26-3-2-17(14-33-26)16-36-28-20(15-34-36)5-21(31)8-25(28)29(39)35-23-12-30(13-23)10-18(11-30)4-27(37)38/h2-3,5-9,14-15,18,23H,4,10-13,16H2,1H3,(H,35,39)(H,37,38). The first-order valence-electron chi connectivity index (χ1n) is 13.2. The van der Waals surface area contributed by atoms with Crippen LogP contribution in [0.4, 0.5) is 4.39 Å². The number of aliphatic carboxylic acids is 1. The fraction of sp³-hybridized carbons (Fsp3) is 0.333. The average molecular weight is 563 g/mol. The van der Waals surface area contributed by atoms with Crippen molar-refractivity contribution in [3.8, 4) is 17.0 Å². The van der Waals surface area contributed by atoms with Gasteiger partial charge in [0.2, 0.25) is 0 Å². The summed E-state index contributed by atoms with van der Waals surface area (Å²) in [6.07, 6.45) is 7.19. The summed E-state index contributed by atoms with van der Waals surface area (Å²) in [4.78, 5) is 28.8. The second-order valence-electron chi connectivity index (χ2n) is 11.1. The van der Waals surface area contributed by atoms with Gasteiger partial charge in [0.1, 0.15) is 11.6 Å². The number of carboxylic acids is 1. The number of nitrogens with zero attached hydrogens (tertiary/aromatic N) is 3. The monoisotopic (exact) mass is 562 g/mol. The molecular weight excluding hydrogens is 535 g/mol. The van der Waals surface area contributed by atoms with Gasteiger partial charge in [0.05, 0.1) is 36.6 Å². The minimum absolute atomic E-state index is 0.0573. The van der Waals surface area contributed by atoms with Crippen molar-refractivity contribution in [3.63, 3.8) is 0 Å². The third-order valence-corrected chi connectivity index (χ3v) is 8.32. The Bertz CT molecular complexity index is 1610. The van der Waals surface area contributed by atoms with E-state index in [2.05, 4.69) is 15.4 Å². The summed E-state index contributed by atoms with van der Waals surface area (Å²) in [6, 6.07) is 11.7. The lowest BCUT2D eigenvalue weighted by molar-refractivity contribution is -0.142. The summed E-state index contributed by atoms with van der Waals surface area (Å²) < 4.78 is 20.9. The zero-order chi connectivity index (χ0) is 28.0. The number of carboxylic acid groups (broad SMARTS) is 1. The summed E-state index contributed by atoms with van der Waals surface area (Å²) in [5.41, 5.74) is 3.39. The molecule has 2 aliphatic rings. The molecule has 2 N–H and O–H groups in total. The van der Waals surface area contributed by atoms with Gasteiger partial charge in [-0.3, -0.25) is 19.3 Å². The summed E-state index contributed by atoms with van der Waals surface area (Å²) in [5.74, 6) is -0.690. The maximum Gasteiger partial charge on any atom is 0.303 e. The van der Waals surface area contributed by atoms with Crippen molar-refractivity contribution < 1.29 is 23.8 Å². The molecule has 0 saturated heterocycles. The van der Waals surface area contributed by atoms with E-state index in [1.165, 1.54) is 19.2 Å². The predicted octanol–water partition coefficient (Wildman–Crippen LogP) is 5.71. The van der Waals surface area contributed by atoms with E-state index in [1.54, 1.807) is 35.3 Å². The fourth-order valence-corrected chi connectivity index (χ4v) is 6.65. The Balaban J connectivity index is 1.17. The van der Waals surface area contributed by atoms with Crippen LogP contribution in [0.1, 0.15) is 48.0 Å². The van der Waals surface area contributed by atoms with Gasteiger partial charge in [-0.2, -0.15) is 5.10 Å². The Morgan fingerprint density at radius 2 is 1.95 bits per heavy atom. The van der Waals surface area contributed by atoms with Crippen molar-refractivity contribution in [2.45, 2.75) is 44.7 Å². The van der Waals surface area contributed by atoms with Crippen molar-refractivity contribution in [1.82, 2.24) is 20.1 Å². The van der Waals surface area contributed by atoms with Crippen LogP contribution in [0.2, 0.25) is 5.02 Å². The summed E-state index contributed by atoms with van der Waals surface area (Å²) >= 11 is 6.35. The minimum Gasteiger partial charge on any atom is -0.497 e. The van der Waals surface area contributed by atoms with Crippen LogP contribution in [0.15, 0.2) is 54.9 Å². The molecule has 2 aliphatic carbocycles. The predicted molar refractivity (Wildman–Crippen MR) is 148 cm³/mol. The second-order valence-corrected chi connectivity index (χ2v) is 11.5. The Kier molecular flexibility index (Phi) is 6.70. The number of pyridine rings is 1. The molecule has 40 heavy (non-hydrogen) atoms. The summed E-state index contributed by atoms with van der Waals surface area (Å²) in [6.45, 7) is 0.378. The lowest BCUT2D eigenvalue weighted by atomic mass is 9.49. The van der Waals surface area contributed by atoms with E-state index in [1.807, 2.05) is 12.1 Å². The van der Waals surface area contributed by atoms with Crippen LogP contribution >= 0.6 is 11.6 Å². The first-order chi connectivity index (χ1) is 19.2. The Hall–Kier alpha value is -3.98. The van der Waals surface area contributed by atoms with Gasteiger partial charge in [-0.1, -0.05) is 17.7 Å². The molecule has 4 aromatic rings. The lowest BCUT2D eigenvalue weighted by Crippen LogP contribution is -2.56. The molecule has 0 aliphatic heterocycles. The van der Waals surface area contributed by atoms with E-state index >= 15 is 0 Å². The number of aromatic nitrogens is 3. The van der Waals surface area contributed by atoms with Crippen molar-refractivity contribution >= 4 is 34.4 Å². The average Bonchev–Trinajstić information content (AvgIpc) is 3.27. The summed E-state index contributed by atoms with van der Waals surface area (Å²) in [7, 11) is 1.49. The van der Waals surface area contributed by atoms with Crippen LogP contribution in [0.5, 0.6) is 5.75 Å². The largest absolute Gasteiger partial charge is 0.497 e. The van der Waals surface area contributed by atoms with Gasteiger partial charge < -0.3 is 15.2 Å². The molecule has 2 saturated carbocycles. The fourth-order valence-electron chi connectivity index (χ4n) is 6.42. The van der Waals surface area contributed by atoms with Crippen LogP contribution in [-0.4, -0.2) is 44.9 Å². The Morgan fingerprint density at radius 3 is 2.65 bits per heavy atom. The smallest absolute Gasteiger partial charge is 0.303 e. The third kappa shape index (κ3) is 5.13. The number of carbonyl (C=O) groups excluding carboxylic acids is 1. The number of fused-ring (bicyclic) bond motifs is 1. The number of hydrogen-bond donors (Lipinski definition) is 2. The van der Waals surface area contributed by atoms with Gasteiger partial charge in [0.15, 0.2) is 0 Å². The highest BCUT2D eigenvalue weighted by molar-refractivity contribution is 6.32. The molecule has 0 unspecified atom stereocenters. The van der Waals surface area contributed by atoms with Gasteiger partial charge in [-0.25, -0.2) is 4.39 Å². The van der Waals surface area contributed by atoms with E-state index in [0.29, 0.717) is 39.7 Å². The van der Waals surface area contributed by atoms with Gasteiger partial charge in [0.25, 0.3) is 5.91 Å². The van der Waals surface area contributed by atoms with Crippen molar-refractivity contribution in [1.29, 1.82) is 0 Å². The van der Waals surface area contributed by atoms with Crippen molar-refractivity contribution in [2.24, 2.45) is 11.3 Å². The number of hydrogen-bond acceptors (Lipinski definition) is 5. The molecular formula is C30H28ClFN4O4. The highest BCUT2D eigenvalue weighted by Crippen LogP contribution is 2.59. The van der Waals surface area contributed by atoms with Gasteiger partial charge in [-0.05, 0) is 72.9 Å². The maximum atomic E-state index is 14.0. The maximum absolute atomic E-state index is 14.0. The van der Waals surface area contributed by atoms with Gasteiger partial charge in [-0.15, -0.1) is 0 Å². The number of carbonyl (C=O) groups is 2. The zero-order valence-corrected chi connectivity index (χ0v) is 22.6. The molecule has 1 spiro atoms. The third-order valence-electron chi connectivity index (χ3n) is 8.10. The Morgan fingerprint density at radius 1 is 1.15 bits per heavy atom. The number of benzene rings is 2. The highest BCUT2D eigenvalue weighted by atomic mass is 35.5. The minimum atomic E-state index is -0.746. The van der Waals surface area contributed by atoms with Crippen LogP contribution < -0.4 is 10.1 Å². The molecule has 0 atom stereocenters. The van der Waals surface area contributed by atoms with E-state index in [4.69, 9.17) is 21.4 Å². The molecule has 10 heteroatoms. The number of rotatable bonds is 8. The topological polar surface area (TPSA) is 106 Å². The molecule has 1 amide bonds. The SMILES string of the molecule is COc1cc(F)cc(-c2ccc(Cn3ncc4cc(Cl)cc(C(=O)NC5CC6(CC(CC(=O)O)C6)C5)c43)cn2)c1. The first kappa shape index (κ1) is 26.3. The number of amides is 1. The normalized spacial score (nSPS) is 21.6. The number of methoxy groups -OCH3 is 1. The molecule has 2 fully saturated rings. The van der Waals surface area contributed by atoms with Crippen molar-refractivity contribution in [2.75, 3.05) is 7.11 Å². The van der Waals surface area contributed by atoms with Crippen LogP contribution in [0.25, 0.3) is 22.2 Å². The number of ether oxygens (including phenoxy) is 1.